The molecule has 2 saturated carbocycles. The van der Waals surface area contributed by atoms with Gasteiger partial charge in [-0.15, -0.1) is 0 Å². The van der Waals surface area contributed by atoms with E-state index in [4.69, 9.17) is 5.73 Å². The van der Waals surface area contributed by atoms with E-state index in [1.807, 2.05) is 0 Å². The Morgan fingerprint density at radius 2 is 2.00 bits per heavy atom. The maximum atomic E-state index is 5.90. The van der Waals surface area contributed by atoms with Gasteiger partial charge in [0.2, 0.25) is 0 Å². The Morgan fingerprint density at radius 1 is 1.27 bits per heavy atom. The lowest BCUT2D eigenvalue weighted by atomic mass is 9.83. The Kier molecular flexibility index (Phi) is 3.49. The van der Waals surface area contributed by atoms with E-state index < -0.39 is 0 Å². The minimum absolute atomic E-state index is 0.481. The van der Waals surface area contributed by atoms with Gasteiger partial charge in [0.05, 0.1) is 6.04 Å². The van der Waals surface area contributed by atoms with Crippen LogP contribution in [0.3, 0.4) is 0 Å². The van der Waals surface area contributed by atoms with E-state index in [9.17, 15) is 0 Å². The Morgan fingerprint density at radius 3 is 2.67 bits per heavy atom. The summed E-state index contributed by atoms with van der Waals surface area (Å²) in [5.74, 6) is 1.45. The summed E-state index contributed by atoms with van der Waals surface area (Å²) in [4.78, 5) is 4.65. The first-order chi connectivity index (χ1) is 7.29. The van der Waals surface area contributed by atoms with Gasteiger partial charge in [0.15, 0.2) is 5.96 Å². The lowest BCUT2D eigenvalue weighted by Gasteiger charge is -2.28. The van der Waals surface area contributed by atoms with Crippen LogP contribution in [0, 0.1) is 5.92 Å². The van der Waals surface area contributed by atoms with Crippen molar-refractivity contribution in [2.45, 2.75) is 64.0 Å². The highest BCUT2D eigenvalue weighted by atomic mass is 15.1. The fourth-order valence-electron chi connectivity index (χ4n) is 2.49. The van der Waals surface area contributed by atoms with E-state index in [-0.39, 0.29) is 0 Å². The summed E-state index contributed by atoms with van der Waals surface area (Å²) < 4.78 is 0. The number of hydrogen-bond acceptors (Lipinski definition) is 1. The number of guanidine groups is 1. The molecule has 0 bridgehead atoms. The average Bonchev–Trinajstić information content (AvgIpc) is 3.02. The summed E-state index contributed by atoms with van der Waals surface area (Å²) in [5, 5.41) is 3.27. The Hall–Kier alpha value is -0.730. The van der Waals surface area contributed by atoms with Crippen LogP contribution in [0.1, 0.15) is 51.9 Å². The van der Waals surface area contributed by atoms with Crippen molar-refractivity contribution in [1.82, 2.24) is 5.32 Å². The van der Waals surface area contributed by atoms with E-state index in [0.29, 0.717) is 18.0 Å². The third-order valence-electron chi connectivity index (χ3n) is 3.63. The van der Waals surface area contributed by atoms with E-state index in [0.717, 1.165) is 5.92 Å². The molecule has 3 nitrogen and oxygen atoms in total. The summed E-state index contributed by atoms with van der Waals surface area (Å²) in [5.41, 5.74) is 5.90. The molecule has 2 fully saturated rings. The molecular weight excluding hydrogens is 186 g/mol. The number of nitrogens with one attached hydrogen (secondary N) is 1. The largest absolute Gasteiger partial charge is 0.370 e. The second-order valence-electron chi connectivity index (χ2n) is 4.95. The highest BCUT2D eigenvalue weighted by molar-refractivity contribution is 5.78. The SMILES string of the molecule is CCC1CCCCC1N=C(N)NC1CC1. The van der Waals surface area contributed by atoms with Gasteiger partial charge in [-0.3, -0.25) is 0 Å². The van der Waals surface area contributed by atoms with Crippen LogP contribution in [0.15, 0.2) is 4.99 Å². The second kappa shape index (κ2) is 4.86. The monoisotopic (exact) mass is 209 g/mol. The molecular formula is C12H23N3. The van der Waals surface area contributed by atoms with Crippen molar-refractivity contribution in [3.05, 3.63) is 0 Å². The molecule has 3 N–H and O–H groups in total. The fourth-order valence-corrected chi connectivity index (χ4v) is 2.49. The van der Waals surface area contributed by atoms with Crippen molar-refractivity contribution >= 4 is 5.96 Å². The van der Waals surface area contributed by atoms with Crippen molar-refractivity contribution in [3.63, 3.8) is 0 Å². The summed E-state index contributed by atoms with van der Waals surface area (Å²) in [6, 6.07) is 1.10. The minimum Gasteiger partial charge on any atom is -0.370 e. The van der Waals surface area contributed by atoms with Gasteiger partial charge in [-0.25, -0.2) is 4.99 Å². The molecule has 15 heavy (non-hydrogen) atoms. The number of nitrogens with two attached hydrogens (primary N) is 1. The minimum atomic E-state index is 0.481. The van der Waals surface area contributed by atoms with Gasteiger partial charge >= 0.3 is 0 Å². The number of hydrogen-bond donors (Lipinski definition) is 2. The smallest absolute Gasteiger partial charge is 0.189 e. The number of aliphatic imine (C=N–C) groups is 1. The van der Waals surface area contributed by atoms with Gasteiger partial charge < -0.3 is 11.1 Å². The van der Waals surface area contributed by atoms with E-state index in [1.54, 1.807) is 0 Å². The molecule has 86 valence electrons. The molecule has 2 unspecified atom stereocenters. The lowest BCUT2D eigenvalue weighted by Crippen LogP contribution is -2.36. The standard InChI is InChI=1S/C12H23N3/c1-2-9-5-3-4-6-11(9)15-12(13)14-10-7-8-10/h9-11H,2-8H2,1H3,(H3,13,14,15). The van der Waals surface area contributed by atoms with Crippen LogP contribution >= 0.6 is 0 Å². The lowest BCUT2D eigenvalue weighted by molar-refractivity contribution is 0.301. The quantitative estimate of drug-likeness (QED) is 0.552. The van der Waals surface area contributed by atoms with Crippen LogP contribution < -0.4 is 11.1 Å². The van der Waals surface area contributed by atoms with Gasteiger partial charge in [0.1, 0.15) is 0 Å². The molecule has 0 aromatic rings. The maximum absolute atomic E-state index is 5.90. The topological polar surface area (TPSA) is 50.4 Å². The highest BCUT2D eigenvalue weighted by Crippen LogP contribution is 2.29. The molecule has 0 spiro atoms. The highest BCUT2D eigenvalue weighted by Gasteiger charge is 2.25. The molecule has 0 aliphatic heterocycles. The van der Waals surface area contributed by atoms with Crippen LogP contribution in [-0.2, 0) is 0 Å². The van der Waals surface area contributed by atoms with Crippen molar-refractivity contribution in [1.29, 1.82) is 0 Å². The Bertz CT molecular complexity index is 233. The molecule has 0 saturated heterocycles. The first-order valence-electron chi connectivity index (χ1n) is 6.39. The van der Waals surface area contributed by atoms with Crippen LogP contribution in [0.5, 0.6) is 0 Å². The zero-order valence-corrected chi connectivity index (χ0v) is 9.71. The molecule has 0 radical (unpaired) electrons. The summed E-state index contributed by atoms with van der Waals surface area (Å²) in [6.45, 7) is 2.27. The zero-order valence-electron chi connectivity index (χ0n) is 9.71. The molecule has 0 heterocycles. The summed E-state index contributed by atoms with van der Waals surface area (Å²) in [6.07, 6.45) is 9.02. The van der Waals surface area contributed by atoms with E-state index in [2.05, 4.69) is 17.2 Å². The van der Waals surface area contributed by atoms with Crippen molar-refractivity contribution in [2.75, 3.05) is 0 Å². The molecule has 2 aliphatic rings. The first-order valence-corrected chi connectivity index (χ1v) is 6.39. The average molecular weight is 209 g/mol. The van der Waals surface area contributed by atoms with Gasteiger partial charge in [-0.1, -0.05) is 26.2 Å². The normalized spacial score (nSPS) is 32.7. The molecule has 2 aliphatic carbocycles. The van der Waals surface area contributed by atoms with Gasteiger partial charge in [0.25, 0.3) is 0 Å². The molecule has 0 aromatic heterocycles. The Balaban J connectivity index is 1.88. The maximum Gasteiger partial charge on any atom is 0.189 e. The predicted octanol–water partition coefficient (Wildman–Crippen LogP) is 2.02. The van der Waals surface area contributed by atoms with Crippen LogP contribution in [-0.4, -0.2) is 18.0 Å². The Labute approximate surface area is 92.5 Å². The van der Waals surface area contributed by atoms with Gasteiger partial charge in [0, 0.05) is 6.04 Å². The van der Waals surface area contributed by atoms with E-state index in [1.165, 1.54) is 44.9 Å². The molecule has 3 heteroatoms. The van der Waals surface area contributed by atoms with Crippen molar-refractivity contribution in [2.24, 2.45) is 16.6 Å². The summed E-state index contributed by atoms with van der Waals surface area (Å²) >= 11 is 0. The van der Waals surface area contributed by atoms with Gasteiger partial charge in [-0.05, 0) is 31.6 Å². The fraction of sp³-hybridized carbons (Fsp3) is 0.917. The summed E-state index contributed by atoms with van der Waals surface area (Å²) in [7, 11) is 0. The van der Waals surface area contributed by atoms with Crippen molar-refractivity contribution < 1.29 is 0 Å². The van der Waals surface area contributed by atoms with Crippen LogP contribution in [0.4, 0.5) is 0 Å². The molecule has 2 atom stereocenters. The van der Waals surface area contributed by atoms with E-state index >= 15 is 0 Å². The first kappa shape index (κ1) is 10.8. The molecule has 0 amide bonds. The number of nitrogens with zero attached hydrogens (tertiary/aromatic N) is 1. The predicted molar refractivity (Wildman–Crippen MR) is 63.8 cm³/mol. The number of rotatable bonds is 3. The molecule has 2 rings (SSSR count). The van der Waals surface area contributed by atoms with Crippen LogP contribution in [0.2, 0.25) is 0 Å². The third-order valence-corrected chi connectivity index (χ3v) is 3.63. The van der Waals surface area contributed by atoms with Gasteiger partial charge in [-0.2, -0.15) is 0 Å². The van der Waals surface area contributed by atoms with Crippen LogP contribution in [0.25, 0.3) is 0 Å². The third kappa shape index (κ3) is 3.11. The van der Waals surface area contributed by atoms with Crippen molar-refractivity contribution in [3.8, 4) is 0 Å². The zero-order chi connectivity index (χ0) is 10.7. The second-order valence-corrected chi connectivity index (χ2v) is 4.95. The molecule has 0 aromatic carbocycles.